The third-order valence-corrected chi connectivity index (χ3v) is 2.85. The van der Waals surface area contributed by atoms with Crippen LogP contribution in [0.1, 0.15) is 0 Å². The number of hydrogen-bond donors (Lipinski definition) is 3. The minimum Gasteiger partial charge on any atom is -0.473 e. The molecule has 0 aromatic heterocycles. The van der Waals surface area contributed by atoms with Crippen molar-refractivity contribution in [2.45, 2.75) is 17.4 Å². The van der Waals surface area contributed by atoms with Gasteiger partial charge in [-0.1, -0.05) is 30.7 Å². The summed E-state index contributed by atoms with van der Waals surface area (Å²) in [6, 6.07) is 0. The minimum absolute atomic E-state index is 0. The van der Waals surface area contributed by atoms with E-state index in [1.165, 1.54) is 0 Å². The quantitative estimate of drug-likeness (QED) is 0.228. The average Bonchev–Trinajstić information content (AvgIpc) is 3.50. The molecule has 0 saturated heterocycles. The zero-order valence-electron chi connectivity index (χ0n) is 16.2. The molecule has 3 heterocycles. The van der Waals surface area contributed by atoms with Crippen LogP contribution in [0.2, 0.25) is 0 Å². The van der Waals surface area contributed by atoms with Gasteiger partial charge in [-0.05, 0) is 31.3 Å². The molecule has 0 aromatic rings. The van der Waals surface area contributed by atoms with Crippen molar-refractivity contribution in [1.29, 1.82) is 0 Å². The van der Waals surface area contributed by atoms with Crippen molar-refractivity contribution < 1.29 is 60.9 Å². The van der Waals surface area contributed by atoms with Gasteiger partial charge in [0.05, 0.1) is 14.8 Å². The Morgan fingerprint density at radius 3 is 0.667 bits per heavy atom. The zero-order chi connectivity index (χ0) is 25.4. The van der Waals surface area contributed by atoms with Crippen LogP contribution in [0, 0.1) is 30.3 Å². The van der Waals surface area contributed by atoms with Crippen LogP contribution in [0.5, 0.6) is 0 Å². The molecule has 9 N–H and O–H groups in total. The molecule has 0 aromatic carbocycles. The fourth-order valence-corrected chi connectivity index (χ4v) is 1.26. The molecule has 30 heteroatoms. The van der Waals surface area contributed by atoms with Crippen LogP contribution in [0.3, 0.4) is 0 Å². The van der Waals surface area contributed by atoms with Crippen molar-refractivity contribution in [2.75, 3.05) is 0 Å². The molecular weight excluding hydrogens is 522 g/mol. The predicted octanol–water partition coefficient (Wildman–Crippen LogP) is -2.97. The Balaban J connectivity index is -0.000000436. The van der Waals surface area contributed by atoms with Crippen LogP contribution in [-0.2, 0) is 14.4 Å². The SMILES string of the molecule is O.O.O.O=C(O)C1([N+](=O)[O-])N=NN=N1.O=C(O)C1([N+](=O)[O-])N=NN=N1.O=C(O)C1([N+](=O)[O-])N=NN=N1. The number of rotatable bonds is 6. The van der Waals surface area contributed by atoms with Gasteiger partial charge in [-0.25, -0.2) is 14.4 Å². The van der Waals surface area contributed by atoms with Crippen LogP contribution in [0.4, 0.5) is 0 Å². The van der Waals surface area contributed by atoms with Crippen molar-refractivity contribution in [2.24, 2.45) is 62.0 Å². The van der Waals surface area contributed by atoms with Crippen LogP contribution in [0.15, 0.2) is 62.0 Å². The Morgan fingerprint density at radius 1 is 0.472 bits per heavy atom. The first-order chi connectivity index (χ1) is 15.3. The van der Waals surface area contributed by atoms with E-state index in [1.807, 2.05) is 0 Å². The number of hydrogen-bond acceptors (Lipinski definition) is 21. The summed E-state index contributed by atoms with van der Waals surface area (Å²) in [5.74, 6) is -13.7. The summed E-state index contributed by atoms with van der Waals surface area (Å²) in [6.07, 6.45) is 0. The topological polar surface area (TPSA) is 484 Å². The van der Waals surface area contributed by atoms with E-state index < -0.39 is 50.0 Å². The van der Waals surface area contributed by atoms with Gasteiger partial charge in [-0.2, -0.15) is 0 Å². The molecule has 0 radical (unpaired) electrons. The molecule has 36 heavy (non-hydrogen) atoms. The van der Waals surface area contributed by atoms with Crippen molar-refractivity contribution in [3.8, 4) is 0 Å². The highest BCUT2D eigenvalue weighted by molar-refractivity contribution is 5.77. The molecular formula is C6H9N15O15. The normalized spacial score (nSPS) is 17.0. The lowest BCUT2D eigenvalue weighted by Gasteiger charge is -2.02. The molecule has 0 unspecified atom stereocenters. The molecule has 3 aliphatic heterocycles. The number of aliphatic carboxylic acids is 3. The first-order valence-corrected chi connectivity index (χ1v) is 6.94. The number of nitro groups is 3. The monoisotopic (exact) mass is 531 g/mol. The van der Waals surface area contributed by atoms with Gasteiger partial charge in [0, 0.05) is 0 Å². The molecule has 0 spiro atoms. The molecule has 30 nitrogen and oxygen atoms in total. The predicted molar refractivity (Wildman–Crippen MR) is 92.1 cm³/mol. The first kappa shape index (κ1) is 34.7. The van der Waals surface area contributed by atoms with E-state index in [4.69, 9.17) is 15.3 Å². The zero-order valence-corrected chi connectivity index (χ0v) is 16.2. The first-order valence-electron chi connectivity index (χ1n) is 6.94. The van der Waals surface area contributed by atoms with Crippen molar-refractivity contribution in [3.63, 3.8) is 0 Å². The van der Waals surface area contributed by atoms with Crippen LogP contribution >= 0.6 is 0 Å². The second kappa shape index (κ2) is 13.0. The fraction of sp³-hybridized carbons (Fsp3) is 0.500. The number of carboxylic acids is 3. The Bertz CT molecular complexity index is 856. The smallest absolute Gasteiger partial charge is 0.473 e. The lowest BCUT2D eigenvalue weighted by Crippen LogP contribution is -2.41. The molecule has 0 aliphatic carbocycles. The maximum Gasteiger partial charge on any atom is 0.545 e. The van der Waals surface area contributed by atoms with Gasteiger partial charge in [0.25, 0.3) is 0 Å². The summed E-state index contributed by atoms with van der Waals surface area (Å²) in [4.78, 5) is 57.3. The van der Waals surface area contributed by atoms with E-state index in [1.54, 1.807) is 0 Å². The number of carboxylic acid groups (broad SMARTS) is 3. The van der Waals surface area contributed by atoms with Gasteiger partial charge >= 0.3 is 35.3 Å². The molecule has 3 rings (SSSR count). The highest BCUT2D eigenvalue weighted by Crippen LogP contribution is 2.22. The second-order valence-electron chi connectivity index (χ2n) is 4.73. The standard InChI is InChI=1S/3C2HN5O4.3H2O/c3*8-1(9)2(7(10)11)3-5-6-4-2;;;/h3*(H,8,9);3*1H2. The van der Waals surface area contributed by atoms with E-state index >= 15 is 0 Å². The van der Waals surface area contributed by atoms with Gasteiger partial charge in [-0.3, -0.25) is 30.3 Å². The molecule has 3 aliphatic rings. The second-order valence-corrected chi connectivity index (χ2v) is 4.73. The fourth-order valence-electron chi connectivity index (χ4n) is 1.26. The van der Waals surface area contributed by atoms with Gasteiger partial charge in [-0.15, -0.1) is 0 Å². The average molecular weight is 531 g/mol. The highest BCUT2D eigenvalue weighted by atomic mass is 16.7. The highest BCUT2D eigenvalue weighted by Gasteiger charge is 2.58. The molecule has 0 atom stereocenters. The molecule has 198 valence electrons. The van der Waals surface area contributed by atoms with Crippen LogP contribution in [-0.4, -0.2) is 81.8 Å². The van der Waals surface area contributed by atoms with E-state index in [9.17, 15) is 44.7 Å². The Kier molecular flexibility index (Phi) is 12.5. The third-order valence-electron chi connectivity index (χ3n) is 2.85. The Labute approximate surface area is 189 Å². The number of nitrogens with zero attached hydrogens (tertiary/aromatic N) is 15. The molecule has 0 fully saturated rings. The Morgan fingerprint density at radius 2 is 0.611 bits per heavy atom. The van der Waals surface area contributed by atoms with Crippen molar-refractivity contribution in [3.05, 3.63) is 30.3 Å². The summed E-state index contributed by atoms with van der Waals surface area (Å²) < 4.78 is 0. The van der Waals surface area contributed by atoms with Crippen LogP contribution < -0.4 is 0 Å². The maximum absolute atomic E-state index is 10.2. The number of carbonyl (C=O) groups is 3. The minimum atomic E-state index is -2.75. The molecule has 0 saturated carbocycles. The van der Waals surface area contributed by atoms with Gasteiger partial charge in [0.1, 0.15) is 0 Å². The summed E-state index contributed by atoms with van der Waals surface area (Å²) in [5, 5.41) is 88.1. The third kappa shape index (κ3) is 6.32. The van der Waals surface area contributed by atoms with Gasteiger partial charge in [0.15, 0.2) is 0 Å². The van der Waals surface area contributed by atoms with Gasteiger partial charge in [0.2, 0.25) is 0 Å². The Hall–Kier alpha value is -5.91. The van der Waals surface area contributed by atoms with E-state index in [-0.39, 0.29) is 16.4 Å². The summed E-state index contributed by atoms with van der Waals surface area (Å²) in [5.41, 5.74) is 0. The lowest BCUT2D eigenvalue weighted by atomic mass is 10.4. The molecule has 0 bridgehead atoms. The lowest BCUT2D eigenvalue weighted by molar-refractivity contribution is -0.551. The molecule has 0 amide bonds. The van der Waals surface area contributed by atoms with E-state index in [0.717, 1.165) is 0 Å². The van der Waals surface area contributed by atoms with E-state index in [0.29, 0.717) is 0 Å². The van der Waals surface area contributed by atoms with Gasteiger partial charge < -0.3 is 31.7 Å². The summed E-state index contributed by atoms with van der Waals surface area (Å²) in [6.45, 7) is 0. The van der Waals surface area contributed by atoms with E-state index in [2.05, 4.69) is 62.0 Å². The summed E-state index contributed by atoms with van der Waals surface area (Å²) >= 11 is 0. The van der Waals surface area contributed by atoms with Crippen LogP contribution in [0.25, 0.3) is 0 Å². The largest absolute Gasteiger partial charge is 0.545 e. The summed E-state index contributed by atoms with van der Waals surface area (Å²) in [7, 11) is 0. The maximum atomic E-state index is 10.2. The van der Waals surface area contributed by atoms with Crippen molar-refractivity contribution >= 4 is 17.9 Å². The van der Waals surface area contributed by atoms with Crippen molar-refractivity contribution in [1.82, 2.24) is 0 Å².